The Morgan fingerprint density at radius 1 is 1.32 bits per heavy atom. The zero-order valence-electron chi connectivity index (χ0n) is 21.8. The van der Waals surface area contributed by atoms with Crippen LogP contribution >= 0.6 is 22.6 Å². The monoisotopic (exact) mass is 644 g/mol. The zero-order chi connectivity index (χ0) is 27.7. The number of halogens is 1. The average Bonchev–Trinajstić information content (AvgIpc) is 3.44. The number of rotatable bonds is 12. The molecule has 1 aromatic carbocycles. The van der Waals surface area contributed by atoms with E-state index in [0.717, 1.165) is 12.8 Å². The van der Waals surface area contributed by atoms with E-state index in [0.29, 0.717) is 39.2 Å². The first-order chi connectivity index (χ1) is 18.3. The minimum atomic E-state index is -1.16. The summed E-state index contributed by atoms with van der Waals surface area (Å²) in [7, 11) is 1.48. The smallest absolute Gasteiger partial charge is 0.247 e. The third-order valence-electron chi connectivity index (χ3n) is 6.54. The molecule has 210 valence electrons. The second kappa shape index (κ2) is 14.8. The Morgan fingerprint density at radius 3 is 2.74 bits per heavy atom. The molecule has 11 heteroatoms. The van der Waals surface area contributed by atoms with Crippen molar-refractivity contribution >= 4 is 34.4 Å². The van der Waals surface area contributed by atoms with Gasteiger partial charge in [0.25, 0.3) is 0 Å². The van der Waals surface area contributed by atoms with E-state index < -0.39 is 24.2 Å². The van der Waals surface area contributed by atoms with Gasteiger partial charge in [0.2, 0.25) is 11.8 Å². The third-order valence-corrected chi connectivity index (χ3v) is 7.35. The van der Waals surface area contributed by atoms with Gasteiger partial charge in [-0.2, -0.15) is 0 Å². The van der Waals surface area contributed by atoms with Gasteiger partial charge >= 0.3 is 0 Å². The summed E-state index contributed by atoms with van der Waals surface area (Å²) in [5.74, 6) is 0.0365. The SMILES string of the molecule is CCC=CC(=O)N(CC1CCCO1)C1CC(C(=O)NCCO)=CC(Oc2c(I)cc(CO)cc2OC)C1O. The van der Waals surface area contributed by atoms with E-state index in [-0.39, 0.29) is 44.7 Å². The Kier molecular flexibility index (Phi) is 11.8. The standard InChI is InChI=1S/C27H37IN2O8/c1-3-4-7-24(33)30(15-19-6-5-10-37-19)21-13-18(27(35)29-8-9-31)14-22(25(21)34)38-26-20(28)11-17(16-32)12-23(26)36-2/h4,7,11-12,14,19,21-22,25,31-32,34H,3,5-6,8-10,13,15-16H2,1-2H3,(H,29,35). The molecule has 1 aliphatic heterocycles. The predicted molar refractivity (Wildman–Crippen MR) is 149 cm³/mol. The van der Waals surface area contributed by atoms with Gasteiger partial charge in [0.1, 0.15) is 12.2 Å². The van der Waals surface area contributed by atoms with Crippen molar-refractivity contribution < 1.29 is 39.1 Å². The maximum Gasteiger partial charge on any atom is 0.247 e. The molecule has 4 unspecified atom stereocenters. The lowest BCUT2D eigenvalue weighted by Gasteiger charge is -2.41. The number of allylic oxidation sites excluding steroid dienone is 1. The summed E-state index contributed by atoms with van der Waals surface area (Å²) in [6.45, 7) is 2.49. The molecule has 1 fully saturated rings. The van der Waals surface area contributed by atoms with Crippen molar-refractivity contribution in [2.24, 2.45) is 0 Å². The van der Waals surface area contributed by atoms with Crippen LogP contribution in [0.15, 0.2) is 35.9 Å². The average molecular weight is 645 g/mol. The lowest BCUT2D eigenvalue weighted by molar-refractivity contribution is -0.135. The van der Waals surface area contributed by atoms with Gasteiger partial charge in [-0.15, -0.1) is 0 Å². The van der Waals surface area contributed by atoms with E-state index in [1.165, 1.54) is 13.2 Å². The van der Waals surface area contributed by atoms with E-state index >= 15 is 0 Å². The number of aliphatic hydroxyl groups is 3. The maximum atomic E-state index is 13.3. The van der Waals surface area contributed by atoms with Crippen LogP contribution in [0.1, 0.15) is 38.2 Å². The Labute approximate surface area is 236 Å². The van der Waals surface area contributed by atoms with E-state index in [2.05, 4.69) is 27.9 Å². The van der Waals surface area contributed by atoms with Gasteiger partial charge in [0, 0.05) is 31.7 Å². The molecule has 0 spiro atoms. The summed E-state index contributed by atoms with van der Waals surface area (Å²) in [4.78, 5) is 27.8. The van der Waals surface area contributed by atoms with Gasteiger partial charge < -0.3 is 39.7 Å². The number of amides is 2. The highest BCUT2D eigenvalue weighted by atomic mass is 127. The predicted octanol–water partition coefficient (Wildman–Crippen LogP) is 1.68. The number of aliphatic hydroxyl groups excluding tert-OH is 3. The Balaban J connectivity index is 1.99. The van der Waals surface area contributed by atoms with Crippen molar-refractivity contribution in [3.8, 4) is 11.5 Å². The van der Waals surface area contributed by atoms with Crippen LogP contribution in [0.2, 0.25) is 0 Å². The van der Waals surface area contributed by atoms with Crippen LogP contribution in [0.25, 0.3) is 0 Å². The molecule has 0 saturated carbocycles. The third kappa shape index (κ3) is 7.69. The van der Waals surface area contributed by atoms with E-state index in [4.69, 9.17) is 14.2 Å². The minimum absolute atomic E-state index is 0.0705. The molecule has 1 aliphatic carbocycles. The zero-order valence-corrected chi connectivity index (χ0v) is 23.9. The number of benzene rings is 1. The number of ether oxygens (including phenoxy) is 3. The van der Waals surface area contributed by atoms with Gasteiger partial charge in [0.05, 0.1) is 36.0 Å². The molecule has 2 amide bonds. The Hall–Kier alpha value is -2.19. The molecule has 0 aromatic heterocycles. The second-order valence-electron chi connectivity index (χ2n) is 9.22. The first-order valence-electron chi connectivity index (χ1n) is 12.8. The quantitative estimate of drug-likeness (QED) is 0.199. The molecule has 4 N–H and O–H groups in total. The van der Waals surface area contributed by atoms with Gasteiger partial charge in [-0.1, -0.05) is 13.0 Å². The van der Waals surface area contributed by atoms with E-state index in [1.807, 2.05) is 6.92 Å². The molecule has 3 rings (SSSR count). The van der Waals surface area contributed by atoms with Crippen molar-refractivity contribution in [3.05, 3.63) is 45.1 Å². The highest BCUT2D eigenvalue weighted by molar-refractivity contribution is 14.1. The van der Waals surface area contributed by atoms with Gasteiger partial charge in [-0.05, 0) is 71.7 Å². The molecular formula is C27H37IN2O8. The van der Waals surface area contributed by atoms with Crippen LogP contribution in [-0.4, -0.2) is 89.8 Å². The van der Waals surface area contributed by atoms with Crippen molar-refractivity contribution in [3.63, 3.8) is 0 Å². The van der Waals surface area contributed by atoms with Crippen LogP contribution in [0.4, 0.5) is 0 Å². The Morgan fingerprint density at radius 2 is 2.11 bits per heavy atom. The Bertz CT molecular complexity index is 1020. The van der Waals surface area contributed by atoms with Crippen LogP contribution in [-0.2, 0) is 20.9 Å². The minimum Gasteiger partial charge on any atom is -0.493 e. The maximum absolute atomic E-state index is 13.3. The van der Waals surface area contributed by atoms with Crippen LogP contribution in [0, 0.1) is 3.57 Å². The van der Waals surface area contributed by atoms with Crippen molar-refractivity contribution in [2.45, 2.75) is 63.6 Å². The number of carbonyl (C=O) groups is 2. The number of hydrogen-bond donors (Lipinski definition) is 4. The van der Waals surface area contributed by atoms with Crippen LogP contribution in [0.3, 0.4) is 0 Å². The van der Waals surface area contributed by atoms with Crippen molar-refractivity contribution in [1.82, 2.24) is 10.2 Å². The normalized spacial score (nSPS) is 23.3. The lowest BCUT2D eigenvalue weighted by Crippen LogP contribution is -2.56. The van der Waals surface area contributed by atoms with Gasteiger partial charge in [-0.25, -0.2) is 0 Å². The molecule has 2 aliphatic rings. The van der Waals surface area contributed by atoms with Gasteiger partial charge in [0.15, 0.2) is 11.5 Å². The first-order valence-corrected chi connectivity index (χ1v) is 13.9. The summed E-state index contributed by atoms with van der Waals surface area (Å²) < 4.78 is 18.2. The molecule has 38 heavy (non-hydrogen) atoms. The fourth-order valence-corrected chi connectivity index (χ4v) is 5.40. The molecule has 0 radical (unpaired) electrons. The summed E-state index contributed by atoms with van der Waals surface area (Å²) in [6.07, 6.45) is 4.97. The fraction of sp³-hybridized carbons (Fsp3) is 0.556. The highest BCUT2D eigenvalue weighted by Crippen LogP contribution is 2.37. The van der Waals surface area contributed by atoms with Gasteiger partial charge in [-0.3, -0.25) is 9.59 Å². The summed E-state index contributed by atoms with van der Waals surface area (Å²) in [5, 5.41) is 33.0. The first kappa shape index (κ1) is 30.4. The summed E-state index contributed by atoms with van der Waals surface area (Å²) in [5.41, 5.74) is 0.973. The second-order valence-corrected chi connectivity index (χ2v) is 10.4. The molecule has 1 saturated heterocycles. The summed E-state index contributed by atoms with van der Waals surface area (Å²) in [6, 6.07) is 2.62. The topological polar surface area (TPSA) is 138 Å². The molecule has 1 aromatic rings. The van der Waals surface area contributed by atoms with Crippen LogP contribution in [0.5, 0.6) is 11.5 Å². The number of nitrogens with one attached hydrogen (secondary N) is 1. The fourth-order valence-electron chi connectivity index (χ4n) is 4.61. The number of hydrogen-bond acceptors (Lipinski definition) is 8. The highest BCUT2D eigenvalue weighted by Gasteiger charge is 2.41. The van der Waals surface area contributed by atoms with Crippen molar-refractivity contribution in [1.29, 1.82) is 0 Å². The van der Waals surface area contributed by atoms with Crippen LogP contribution < -0.4 is 14.8 Å². The number of carbonyl (C=O) groups excluding carboxylic acids is 2. The largest absolute Gasteiger partial charge is 0.493 e. The molecule has 4 atom stereocenters. The summed E-state index contributed by atoms with van der Waals surface area (Å²) >= 11 is 2.06. The number of methoxy groups -OCH3 is 1. The number of nitrogens with zero attached hydrogens (tertiary/aromatic N) is 1. The van der Waals surface area contributed by atoms with Crippen molar-refractivity contribution in [2.75, 3.05) is 33.4 Å². The molecule has 1 heterocycles. The van der Waals surface area contributed by atoms with E-state index in [9.17, 15) is 24.9 Å². The molecule has 0 bridgehead atoms. The lowest BCUT2D eigenvalue weighted by atomic mass is 9.87. The molecular weight excluding hydrogens is 607 g/mol. The van der Waals surface area contributed by atoms with E-state index in [1.54, 1.807) is 29.2 Å². The molecule has 10 nitrogen and oxygen atoms in total.